The van der Waals surface area contributed by atoms with Gasteiger partial charge in [-0.05, 0) is 117 Å². The molecule has 4 N–H and O–H groups in total. The van der Waals surface area contributed by atoms with Gasteiger partial charge in [-0.25, -0.2) is 0 Å². The van der Waals surface area contributed by atoms with E-state index in [-0.39, 0.29) is 52.8 Å². The third-order valence-corrected chi connectivity index (χ3v) is 16.0. The number of esters is 1. The minimum Gasteiger partial charge on any atom is -0.481 e. The van der Waals surface area contributed by atoms with Crippen molar-refractivity contribution in [3.05, 3.63) is 12.2 Å². The molecule has 10 heteroatoms. The molecule has 0 aromatic rings. The molecular formula is C38H61NO9. The van der Waals surface area contributed by atoms with Crippen LogP contribution in [0.25, 0.3) is 0 Å². The molecule has 6 rings (SSSR count). The van der Waals surface area contributed by atoms with Crippen LogP contribution in [0.15, 0.2) is 12.2 Å². The predicted octanol–water partition coefficient (Wildman–Crippen LogP) is 4.94. The lowest BCUT2D eigenvalue weighted by molar-refractivity contribution is -0.305. The molecule has 14 atom stereocenters. The number of rotatable bonds is 7. The minimum absolute atomic E-state index is 0.0536. The summed E-state index contributed by atoms with van der Waals surface area (Å²) < 4.78 is 11.7. The number of aliphatic carboxylic acids is 1. The lowest BCUT2D eigenvalue weighted by atomic mass is 9.32. The summed E-state index contributed by atoms with van der Waals surface area (Å²) in [6, 6.07) is 0. The summed E-state index contributed by atoms with van der Waals surface area (Å²) in [7, 11) is 1.37. The first-order chi connectivity index (χ1) is 22.4. The van der Waals surface area contributed by atoms with Crippen LogP contribution < -0.4 is 0 Å². The summed E-state index contributed by atoms with van der Waals surface area (Å²) in [5, 5.41) is 42.3. The Kier molecular flexibility index (Phi) is 9.28. The second kappa shape index (κ2) is 12.3. The standard InChI is InChI=1S/C38H61NO9/c1-21(2)22-11-16-38(33(44)45)18-17-36(6)23(29(22)38)9-10-26-35(5)14-13-27(34(3,4)25(35)12-15-37(26,36)7)48-28(41)19-39(46-8)32-31(43)30(42)24(40)20-47-32/h22-27,29-32,40,42-43H,1,9-20H2,2-8H3,(H,44,45)/t22-,23+,24-,25-,26+,27-,29+,30-,31+,32?,35-,36+,37+,38-/m0/s1. The van der Waals surface area contributed by atoms with E-state index in [2.05, 4.69) is 48.1 Å². The van der Waals surface area contributed by atoms with Gasteiger partial charge in [0.2, 0.25) is 0 Å². The first-order valence-electron chi connectivity index (χ1n) is 18.4. The largest absolute Gasteiger partial charge is 0.481 e. The lowest BCUT2D eigenvalue weighted by Crippen LogP contribution is -2.67. The summed E-state index contributed by atoms with van der Waals surface area (Å²) in [4.78, 5) is 31.7. The molecule has 0 amide bonds. The molecule has 48 heavy (non-hydrogen) atoms. The number of hydroxylamine groups is 2. The number of ether oxygens (including phenoxy) is 2. The average Bonchev–Trinajstić information content (AvgIpc) is 3.42. The normalized spacial score (nSPS) is 49.6. The Hall–Kier alpha value is -1.56. The number of hydrogen-bond donors (Lipinski definition) is 4. The van der Waals surface area contributed by atoms with E-state index in [1.165, 1.54) is 12.2 Å². The SMILES string of the molecule is C=C(C)[C@@H]1CC[C@]2(C(=O)O)CC[C@]3(C)[C@H](CC[C@@H]4[C@@]5(C)CC[C@H](OC(=O)CN(OC)C6OC[C@H](O)[C@H](O)[C@H]6O)C(C)(C)[C@@H]5CC[C@]43C)[C@@H]12. The van der Waals surface area contributed by atoms with E-state index in [4.69, 9.17) is 14.3 Å². The van der Waals surface area contributed by atoms with E-state index in [0.717, 1.165) is 69.8 Å². The van der Waals surface area contributed by atoms with E-state index in [9.17, 15) is 30.0 Å². The Morgan fingerprint density at radius 3 is 2.23 bits per heavy atom. The zero-order valence-corrected chi connectivity index (χ0v) is 30.2. The average molecular weight is 676 g/mol. The highest BCUT2D eigenvalue weighted by molar-refractivity contribution is 5.76. The molecule has 6 aliphatic rings. The zero-order valence-electron chi connectivity index (χ0n) is 30.2. The number of hydrogen-bond acceptors (Lipinski definition) is 9. The van der Waals surface area contributed by atoms with Crippen LogP contribution in [0.4, 0.5) is 0 Å². The van der Waals surface area contributed by atoms with Gasteiger partial charge in [0, 0.05) is 5.41 Å². The van der Waals surface area contributed by atoms with Crippen molar-refractivity contribution in [1.82, 2.24) is 5.06 Å². The molecule has 5 saturated carbocycles. The fourth-order valence-electron chi connectivity index (χ4n) is 13.3. The number of carbonyl (C=O) groups is 2. The van der Waals surface area contributed by atoms with Crippen molar-refractivity contribution in [3.63, 3.8) is 0 Å². The first kappa shape index (κ1) is 36.2. The molecule has 1 aliphatic heterocycles. The fourth-order valence-corrected chi connectivity index (χ4v) is 13.3. The van der Waals surface area contributed by atoms with E-state index < -0.39 is 41.9 Å². The van der Waals surface area contributed by atoms with Gasteiger partial charge < -0.3 is 29.9 Å². The van der Waals surface area contributed by atoms with Gasteiger partial charge in [-0.1, -0.05) is 46.8 Å². The van der Waals surface area contributed by atoms with Gasteiger partial charge in [0.15, 0.2) is 6.23 Å². The van der Waals surface area contributed by atoms with Crippen molar-refractivity contribution in [2.24, 2.45) is 56.7 Å². The number of nitrogens with zero attached hydrogens (tertiary/aromatic N) is 1. The Bertz CT molecular complexity index is 1290. The topological polar surface area (TPSA) is 146 Å². The molecule has 0 aromatic heterocycles. The second-order valence-corrected chi connectivity index (χ2v) is 18.0. The number of allylic oxidation sites excluding steroid dienone is 1. The van der Waals surface area contributed by atoms with Crippen LogP contribution in [0.2, 0.25) is 0 Å². The minimum atomic E-state index is -1.45. The zero-order chi connectivity index (χ0) is 35.2. The van der Waals surface area contributed by atoms with Crippen LogP contribution in [0.3, 0.4) is 0 Å². The molecule has 1 heterocycles. The third-order valence-electron chi connectivity index (χ3n) is 16.0. The van der Waals surface area contributed by atoms with Crippen LogP contribution in [-0.4, -0.2) is 88.3 Å². The van der Waals surface area contributed by atoms with Crippen LogP contribution in [0.5, 0.6) is 0 Å². The van der Waals surface area contributed by atoms with Crippen molar-refractivity contribution in [3.8, 4) is 0 Å². The lowest BCUT2D eigenvalue weighted by Gasteiger charge is -2.72. The molecular weight excluding hydrogens is 614 g/mol. The predicted molar refractivity (Wildman–Crippen MR) is 178 cm³/mol. The summed E-state index contributed by atoms with van der Waals surface area (Å²) in [5.74, 6) is 0.572. The van der Waals surface area contributed by atoms with Gasteiger partial charge in [-0.15, -0.1) is 5.06 Å². The highest BCUT2D eigenvalue weighted by atomic mass is 16.7. The van der Waals surface area contributed by atoms with E-state index in [1.807, 2.05) is 0 Å². The van der Waals surface area contributed by atoms with Crippen molar-refractivity contribution >= 4 is 11.9 Å². The van der Waals surface area contributed by atoms with E-state index in [0.29, 0.717) is 17.8 Å². The smallest absolute Gasteiger partial charge is 0.323 e. The monoisotopic (exact) mass is 675 g/mol. The van der Waals surface area contributed by atoms with Crippen molar-refractivity contribution < 1.29 is 44.3 Å². The molecule has 0 bridgehead atoms. The van der Waals surface area contributed by atoms with Gasteiger partial charge in [0.05, 0.1) is 19.1 Å². The number of fused-ring (bicyclic) bond motifs is 7. The van der Waals surface area contributed by atoms with Crippen LogP contribution >= 0.6 is 0 Å². The number of carboxylic acids is 1. The number of aliphatic hydroxyl groups excluding tert-OH is 3. The fraction of sp³-hybridized carbons (Fsp3) is 0.895. The Morgan fingerprint density at radius 1 is 0.875 bits per heavy atom. The Morgan fingerprint density at radius 2 is 1.58 bits per heavy atom. The molecule has 0 aromatic carbocycles. The van der Waals surface area contributed by atoms with Crippen molar-refractivity contribution in [2.75, 3.05) is 20.3 Å². The molecule has 5 aliphatic carbocycles. The third kappa shape index (κ3) is 5.08. The Balaban J connectivity index is 1.20. The van der Waals surface area contributed by atoms with Crippen molar-refractivity contribution in [1.29, 1.82) is 0 Å². The van der Waals surface area contributed by atoms with Gasteiger partial charge in [-0.3, -0.25) is 14.4 Å². The molecule has 0 spiro atoms. The number of carbonyl (C=O) groups excluding carboxylic acids is 1. The maximum atomic E-state index is 13.4. The molecule has 272 valence electrons. The highest BCUT2D eigenvalue weighted by Crippen LogP contribution is 2.77. The van der Waals surface area contributed by atoms with E-state index >= 15 is 0 Å². The van der Waals surface area contributed by atoms with Gasteiger partial charge >= 0.3 is 11.9 Å². The molecule has 10 nitrogen and oxygen atoms in total. The molecule has 1 saturated heterocycles. The van der Waals surface area contributed by atoms with Gasteiger partial charge in [-0.2, -0.15) is 0 Å². The van der Waals surface area contributed by atoms with Crippen LogP contribution in [0, 0.1) is 56.7 Å². The summed E-state index contributed by atoms with van der Waals surface area (Å²) >= 11 is 0. The summed E-state index contributed by atoms with van der Waals surface area (Å²) in [6.45, 7) is 18.0. The number of carboxylic acid groups (broad SMARTS) is 1. The summed E-state index contributed by atoms with van der Waals surface area (Å²) in [5.41, 5.74) is 0.458. The van der Waals surface area contributed by atoms with E-state index in [1.54, 1.807) is 0 Å². The Labute approximate surface area is 286 Å². The highest BCUT2D eigenvalue weighted by Gasteiger charge is 2.72. The van der Waals surface area contributed by atoms with Crippen molar-refractivity contribution in [2.45, 2.75) is 136 Å². The molecule has 0 radical (unpaired) electrons. The maximum Gasteiger partial charge on any atom is 0.323 e. The van der Waals surface area contributed by atoms with Gasteiger partial charge in [0.1, 0.15) is 31.0 Å². The molecule has 6 fully saturated rings. The first-order valence-corrected chi connectivity index (χ1v) is 18.4. The van der Waals surface area contributed by atoms with Gasteiger partial charge in [0.25, 0.3) is 0 Å². The summed E-state index contributed by atoms with van der Waals surface area (Å²) in [6.07, 6.45) is 3.94. The maximum absolute atomic E-state index is 13.4. The molecule has 1 unspecified atom stereocenters. The van der Waals surface area contributed by atoms with Crippen LogP contribution in [0.1, 0.15) is 106 Å². The number of aliphatic hydroxyl groups is 3. The second-order valence-electron chi connectivity index (χ2n) is 18.0. The van der Waals surface area contributed by atoms with Crippen LogP contribution in [-0.2, 0) is 23.9 Å². The quantitative estimate of drug-likeness (QED) is 0.166.